The van der Waals surface area contributed by atoms with E-state index in [1.165, 1.54) is 0 Å². The van der Waals surface area contributed by atoms with Gasteiger partial charge in [0.15, 0.2) is 0 Å². The molecule has 0 amide bonds. The molecule has 0 saturated carbocycles. The Bertz CT molecular complexity index is 624. The normalized spacial score (nSPS) is 27.5. The Labute approximate surface area is 128 Å². The molecule has 2 aliphatic rings. The van der Waals surface area contributed by atoms with Crippen molar-refractivity contribution in [3.8, 4) is 0 Å². The van der Waals surface area contributed by atoms with E-state index < -0.39 is 0 Å². The van der Waals surface area contributed by atoms with E-state index in [2.05, 4.69) is 30.2 Å². The highest BCUT2D eigenvalue weighted by atomic mass is 16.5. The molecular formula is C15H18N6O. The molecule has 2 aromatic heterocycles. The van der Waals surface area contributed by atoms with Crippen molar-refractivity contribution in [3.05, 3.63) is 37.1 Å². The van der Waals surface area contributed by atoms with Gasteiger partial charge in [0.25, 0.3) is 0 Å². The molecule has 0 radical (unpaired) electrons. The number of hydrogen-bond donors (Lipinski definition) is 1. The number of aromatic nitrogens is 4. The van der Waals surface area contributed by atoms with Gasteiger partial charge in [0.2, 0.25) is 5.95 Å². The van der Waals surface area contributed by atoms with Crippen molar-refractivity contribution in [1.29, 1.82) is 0 Å². The van der Waals surface area contributed by atoms with Crippen molar-refractivity contribution >= 4 is 11.8 Å². The Morgan fingerprint density at radius 2 is 2.14 bits per heavy atom. The lowest BCUT2D eigenvalue weighted by atomic mass is 9.97. The Balaban J connectivity index is 1.40. The molecule has 2 fully saturated rings. The van der Waals surface area contributed by atoms with E-state index in [1.54, 1.807) is 24.9 Å². The standard InChI is InChI=1S/C15H18N6O/c1-4-17-14(18-5-1)20-12-8-15(22-9-12)3-7-21(10-15)13-2-6-16-11-19-13/h1-2,4-6,11-12H,3,7-10H2,(H,17,18,20). The summed E-state index contributed by atoms with van der Waals surface area (Å²) in [7, 11) is 0. The zero-order chi connectivity index (χ0) is 14.8. The Kier molecular flexibility index (Phi) is 3.34. The molecule has 4 heterocycles. The predicted molar refractivity (Wildman–Crippen MR) is 81.6 cm³/mol. The van der Waals surface area contributed by atoms with E-state index in [-0.39, 0.29) is 11.6 Å². The maximum atomic E-state index is 6.13. The molecular weight excluding hydrogens is 280 g/mol. The highest BCUT2D eigenvalue weighted by Crippen LogP contribution is 2.37. The van der Waals surface area contributed by atoms with Gasteiger partial charge in [-0.2, -0.15) is 0 Å². The Morgan fingerprint density at radius 1 is 1.23 bits per heavy atom. The van der Waals surface area contributed by atoms with Gasteiger partial charge in [-0.25, -0.2) is 19.9 Å². The fourth-order valence-electron chi connectivity index (χ4n) is 3.29. The third-order valence-electron chi connectivity index (χ3n) is 4.31. The largest absolute Gasteiger partial charge is 0.371 e. The third-order valence-corrected chi connectivity index (χ3v) is 4.31. The first-order valence-electron chi connectivity index (χ1n) is 7.52. The van der Waals surface area contributed by atoms with E-state index in [0.717, 1.165) is 31.7 Å². The monoisotopic (exact) mass is 298 g/mol. The van der Waals surface area contributed by atoms with Crippen molar-refractivity contribution in [2.75, 3.05) is 29.9 Å². The lowest BCUT2D eigenvalue weighted by Crippen LogP contribution is -2.34. The van der Waals surface area contributed by atoms with E-state index in [0.29, 0.717) is 12.6 Å². The van der Waals surface area contributed by atoms with Gasteiger partial charge >= 0.3 is 0 Å². The van der Waals surface area contributed by atoms with Crippen molar-refractivity contribution in [1.82, 2.24) is 19.9 Å². The average Bonchev–Trinajstić information content (AvgIpc) is 3.17. The van der Waals surface area contributed by atoms with Gasteiger partial charge in [0.1, 0.15) is 12.1 Å². The number of anilines is 2. The van der Waals surface area contributed by atoms with Crippen molar-refractivity contribution in [2.45, 2.75) is 24.5 Å². The molecule has 22 heavy (non-hydrogen) atoms. The van der Waals surface area contributed by atoms with Gasteiger partial charge in [-0.05, 0) is 18.6 Å². The first-order valence-corrected chi connectivity index (χ1v) is 7.52. The van der Waals surface area contributed by atoms with Crippen LogP contribution in [0.1, 0.15) is 12.8 Å². The minimum Gasteiger partial charge on any atom is -0.371 e. The Morgan fingerprint density at radius 3 is 2.95 bits per heavy atom. The fraction of sp³-hybridized carbons (Fsp3) is 0.467. The number of rotatable bonds is 3. The number of nitrogens with one attached hydrogen (secondary N) is 1. The zero-order valence-electron chi connectivity index (χ0n) is 12.2. The number of hydrogen-bond acceptors (Lipinski definition) is 7. The molecule has 1 N–H and O–H groups in total. The highest BCUT2D eigenvalue weighted by Gasteiger charge is 2.46. The van der Waals surface area contributed by atoms with Crippen LogP contribution in [0.2, 0.25) is 0 Å². The van der Waals surface area contributed by atoms with Crippen LogP contribution in [-0.2, 0) is 4.74 Å². The second-order valence-electron chi connectivity index (χ2n) is 5.85. The second-order valence-corrected chi connectivity index (χ2v) is 5.85. The maximum absolute atomic E-state index is 6.13. The van der Waals surface area contributed by atoms with Crippen molar-refractivity contribution in [2.24, 2.45) is 0 Å². The van der Waals surface area contributed by atoms with Crippen LogP contribution in [-0.4, -0.2) is 51.3 Å². The maximum Gasteiger partial charge on any atom is 0.222 e. The molecule has 2 unspecified atom stereocenters. The third kappa shape index (κ3) is 2.59. The molecule has 0 bridgehead atoms. The second kappa shape index (κ2) is 5.49. The quantitative estimate of drug-likeness (QED) is 0.909. The molecule has 0 aliphatic carbocycles. The molecule has 2 saturated heterocycles. The average molecular weight is 298 g/mol. The number of nitrogens with zero attached hydrogens (tertiary/aromatic N) is 5. The summed E-state index contributed by atoms with van der Waals surface area (Å²) in [6.45, 7) is 2.53. The minimum absolute atomic E-state index is 0.0859. The van der Waals surface area contributed by atoms with E-state index in [1.807, 2.05) is 12.1 Å². The summed E-state index contributed by atoms with van der Waals surface area (Å²) in [6, 6.07) is 4.02. The van der Waals surface area contributed by atoms with Crippen LogP contribution in [0, 0.1) is 0 Å². The first-order chi connectivity index (χ1) is 10.8. The van der Waals surface area contributed by atoms with Crippen LogP contribution in [0.25, 0.3) is 0 Å². The molecule has 4 rings (SSSR count). The lowest BCUT2D eigenvalue weighted by molar-refractivity contribution is 0.0228. The molecule has 114 valence electrons. The SMILES string of the molecule is c1cnc(NC2COC3(CCN(c4ccncn4)C3)C2)nc1. The molecule has 7 nitrogen and oxygen atoms in total. The van der Waals surface area contributed by atoms with E-state index in [4.69, 9.17) is 4.74 Å². The van der Waals surface area contributed by atoms with Crippen molar-refractivity contribution < 1.29 is 4.74 Å². The zero-order valence-corrected chi connectivity index (χ0v) is 12.2. The summed E-state index contributed by atoms with van der Waals surface area (Å²) in [5.74, 6) is 1.64. The smallest absolute Gasteiger partial charge is 0.222 e. The summed E-state index contributed by atoms with van der Waals surface area (Å²) in [6.07, 6.45) is 8.84. The van der Waals surface area contributed by atoms with Gasteiger partial charge < -0.3 is 15.0 Å². The number of ether oxygens (including phenoxy) is 1. The van der Waals surface area contributed by atoms with Gasteiger partial charge in [0, 0.05) is 38.1 Å². The van der Waals surface area contributed by atoms with Crippen LogP contribution in [0.4, 0.5) is 11.8 Å². The topological polar surface area (TPSA) is 76.1 Å². The first kappa shape index (κ1) is 13.4. The summed E-state index contributed by atoms with van der Waals surface area (Å²) < 4.78 is 6.13. The summed E-state index contributed by atoms with van der Waals surface area (Å²) in [4.78, 5) is 19.0. The van der Waals surface area contributed by atoms with Gasteiger partial charge in [-0.15, -0.1) is 0 Å². The molecule has 2 aliphatic heterocycles. The van der Waals surface area contributed by atoms with Gasteiger partial charge in [-0.3, -0.25) is 0 Å². The van der Waals surface area contributed by atoms with Crippen LogP contribution in [0.15, 0.2) is 37.1 Å². The molecule has 1 spiro atoms. The van der Waals surface area contributed by atoms with E-state index >= 15 is 0 Å². The molecule has 0 aromatic carbocycles. The van der Waals surface area contributed by atoms with Crippen LogP contribution >= 0.6 is 0 Å². The summed E-state index contributed by atoms with van der Waals surface area (Å²) in [5.41, 5.74) is -0.0859. The van der Waals surface area contributed by atoms with Crippen LogP contribution in [0.5, 0.6) is 0 Å². The predicted octanol–water partition coefficient (Wildman–Crippen LogP) is 1.12. The van der Waals surface area contributed by atoms with Crippen LogP contribution in [0.3, 0.4) is 0 Å². The summed E-state index contributed by atoms with van der Waals surface area (Å²) >= 11 is 0. The molecule has 2 atom stereocenters. The fourth-order valence-corrected chi connectivity index (χ4v) is 3.29. The van der Waals surface area contributed by atoms with Crippen molar-refractivity contribution in [3.63, 3.8) is 0 Å². The van der Waals surface area contributed by atoms with Gasteiger partial charge in [0.05, 0.1) is 18.2 Å². The minimum atomic E-state index is -0.0859. The van der Waals surface area contributed by atoms with E-state index in [9.17, 15) is 0 Å². The lowest BCUT2D eigenvalue weighted by Gasteiger charge is -2.23. The Hall–Kier alpha value is -2.28. The summed E-state index contributed by atoms with van der Waals surface area (Å²) in [5, 5.41) is 3.36. The highest BCUT2D eigenvalue weighted by molar-refractivity contribution is 5.40. The van der Waals surface area contributed by atoms with Crippen LogP contribution < -0.4 is 10.2 Å². The molecule has 7 heteroatoms. The van der Waals surface area contributed by atoms with Gasteiger partial charge in [-0.1, -0.05) is 0 Å². The molecule has 2 aromatic rings.